The SMILES string of the molecule is CCNc1cc(C)ncc1C(=O)NCC1CCSC1. The monoisotopic (exact) mass is 279 g/mol. The summed E-state index contributed by atoms with van der Waals surface area (Å²) in [6.45, 7) is 5.51. The first-order chi connectivity index (χ1) is 9.20. The third-order valence-electron chi connectivity index (χ3n) is 3.23. The fourth-order valence-electron chi connectivity index (χ4n) is 2.15. The Labute approximate surface area is 118 Å². The zero-order valence-electron chi connectivity index (χ0n) is 11.5. The minimum absolute atomic E-state index is 0.0275. The van der Waals surface area contributed by atoms with Crippen LogP contribution in [0.1, 0.15) is 29.4 Å². The Morgan fingerprint density at radius 1 is 1.58 bits per heavy atom. The molecule has 0 radical (unpaired) electrons. The average Bonchev–Trinajstić information content (AvgIpc) is 2.90. The number of anilines is 1. The third kappa shape index (κ3) is 3.86. The molecule has 1 fully saturated rings. The van der Waals surface area contributed by atoms with Gasteiger partial charge in [0.05, 0.1) is 11.3 Å². The number of nitrogens with zero attached hydrogens (tertiary/aromatic N) is 1. The van der Waals surface area contributed by atoms with Gasteiger partial charge in [0, 0.05) is 25.0 Å². The van der Waals surface area contributed by atoms with Crippen molar-refractivity contribution in [2.45, 2.75) is 20.3 Å². The number of hydrogen-bond acceptors (Lipinski definition) is 4. The number of pyridine rings is 1. The van der Waals surface area contributed by atoms with Crippen LogP contribution in [0.4, 0.5) is 5.69 Å². The van der Waals surface area contributed by atoms with Crippen molar-refractivity contribution in [1.29, 1.82) is 0 Å². The van der Waals surface area contributed by atoms with Gasteiger partial charge in [0.15, 0.2) is 0 Å². The molecule has 1 aromatic rings. The van der Waals surface area contributed by atoms with Crippen molar-refractivity contribution in [3.8, 4) is 0 Å². The van der Waals surface area contributed by atoms with Gasteiger partial charge in [-0.3, -0.25) is 9.78 Å². The van der Waals surface area contributed by atoms with Gasteiger partial charge in [-0.1, -0.05) is 0 Å². The molecular formula is C14H21N3OS. The number of aryl methyl sites for hydroxylation is 1. The van der Waals surface area contributed by atoms with E-state index in [0.717, 1.165) is 30.2 Å². The van der Waals surface area contributed by atoms with Crippen molar-refractivity contribution in [3.63, 3.8) is 0 Å². The fourth-order valence-corrected chi connectivity index (χ4v) is 3.44. The van der Waals surface area contributed by atoms with Crippen molar-refractivity contribution in [1.82, 2.24) is 10.3 Å². The molecular weight excluding hydrogens is 258 g/mol. The van der Waals surface area contributed by atoms with Crippen molar-refractivity contribution < 1.29 is 4.79 Å². The predicted molar refractivity (Wildman–Crippen MR) is 80.9 cm³/mol. The second kappa shape index (κ2) is 6.80. The number of amides is 1. The van der Waals surface area contributed by atoms with Crippen LogP contribution >= 0.6 is 11.8 Å². The lowest BCUT2D eigenvalue weighted by Gasteiger charge is -2.13. The van der Waals surface area contributed by atoms with Crippen LogP contribution in [-0.4, -0.2) is 35.5 Å². The molecule has 19 heavy (non-hydrogen) atoms. The predicted octanol–water partition coefficient (Wildman–Crippen LogP) is 2.30. The van der Waals surface area contributed by atoms with Crippen LogP contribution in [0.2, 0.25) is 0 Å². The highest BCUT2D eigenvalue weighted by molar-refractivity contribution is 7.99. The lowest BCUT2D eigenvalue weighted by Crippen LogP contribution is -2.30. The Bertz CT molecular complexity index is 444. The second-order valence-corrected chi connectivity index (χ2v) is 5.99. The van der Waals surface area contributed by atoms with Gasteiger partial charge in [0.25, 0.3) is 5.91 Å². The maximum absolute atomic E-state index is 12.2. The van der Waals surface area contributed by atoms with E-state index in [1.54, 1.807) is 6.20 Å². The molecule has 0 saturated carbocycles. The summed E-state index contributed by atoms with van der Waals surface area (Å²) in [5.41, 5.74) is 2.42. The van der Waals surface area contributed by atoms with Crippen molar-refractivity contribution in [2.75, 3.05) is 29.9 Å². The van der Waals surface area contributed by atoms with E-state index in [2.05, 4.69) is 15.6 Å². The first kappa shape index (κ1) is 14.2. The third-order valence-corrected chi connectivity index (χ3v) is 4.46. The molecule has 1 aromatic heterocycles. The van der Waals surface area contributed by atoms with E-state index in [-0.39, 0.29) is 5.91 Å². The van der Waals surface area contributed by atoms with Crippen LogP contribution in [0.3, 0.4) is 0 Å². The number of nitrogens with one attached hydrogen (secondary N) is 2. The molecule has 0 aliphatic carbocycles. The second-order valence-electron chi connectivity index (χ2n) is 4.84. The fraction of sp³-hybridized carbons (Fsp3) is 0.571. The van der Waals surface area contributed by atoms with Crippen molar-refractivity contribution in [3.05, 3.63) is 23.5 Å². The molecule has 0 bridgehead atoms. The van der Waals surface area contributed by atoms with Gasteiger partial charge in [0.2, 0.25) is 0 Å². The lowest BCUT2D eigenvalue weighted by molar-refractivity contribution is 0.0949. The lowest BCUT2D eigenvalue weighted by atomic mass is 10.1. The maximum atomic E-state index is 12.2. The first-order valence-corrected chi connectivity index (χ1v) is 7.92. The van der Waals surface area contributed by atoms with E-state index >= 15 is 0 Å². The molecule has 1 aliphatic rings. The van der Waals surface area contributed by atoms with E-state index in [1.165, 1.54) is 12.2 Å². The molecule has 2 N–H and O–H groups in total. The number of thioether (sulfide) groups is 1. The number of carbonyl (C=O) groups is 1. The molecule has 5 heteroatoms. The van der Waals surface area contributed by atoms with E-state index in [1.807, 2.05) is 31.7 Å². The van der Waals surface area contributed by atoms with Gasteiger partial charge in [0.1, 0.15) is 0 Å². The van der Waals surface area contributed by atoms with Crippen LogP contribution in [0.15, 0.2) is 12.3 Å². The summed E-state index contributed by atoms with van der Waals surface area (Å²) < 4.78 is 0. The minimum atomic E-state index is -0.0275. The zero-order chi connectivity index (χ0) is 13.7. The number of aromatic nitrogens is 1. The summed E-state index contributed by atoms with van der Waals surface area (Å²) in [6.07, 6.45) is 2.86. The smallest absolute Gasteiger partial charge is 0.254 e. The summed E-state index contributed by atoms with van der Waals surface area (Å²) in [5, 5.41) is 6.25. The molecule has 1 atom stereocenters. The largest absolute Gasteiger partial charge is 0.385 e. The number of hydrogen-bond donors (Lipinski definition) is 2. The minimum Gasteiger partial charge on any atom is -0.385 e. The van der Waals surface area contributed by atoms with Gasteiger partial charge in [-0.2, -0.15) is 11.8 Å². The average molecular weight is 279 g/mol. The molecule has 4 nitrogen and oxygen atoms in total. The molecule has 0 spiro atoms. The highest BCUT2D eigenvalue weighted by Gasteiger charge is 2.18. The summed E-state index contributed by atoms with van der Waals surface area (Å²) in [7, 11) is 0. The standard InChI is InChI=1S/C14H21N3OS/c1-3-15-13-6-10(2)16-8-12(13)14(18)17-7-11-4-5-19-9-11/h6,8,11H,3-5,7,9H2,1-2H3,(H,15,16)(H,17,18). The van der Waals surface area contributed by atoms with Crippen LogP contribution in [0, 0.1) is 12.8 Å². The molecule has 1 amide bonds. The maximum Gasteiger partial charge on any atom is 0.254 e. The highest BCUT2D eigenvalue weighted by Crippen LogP contribution is 2.23. The molecule has 1 aliphatic heterocycles. The van der Waals surface area contributed by atoms with E-state index in [4.69, 9.17) is 0 Å². The van der Waals surface area contributed by atoms with Gasteiger partial charge in [-0.05, 0) is 43.8 Å². The Balaban J connectivity index is 2.00. The summed E-state index contributed by atoms with van der Waals surface area (Å²) >= 11 is 1.97. The first-order valence-electron chi connectivity index (χ1n) is 6.77. The Kier molecular flexibility index (Phi) is 5.07. The Morgan fingerprint density at radius 3 is 3.11 bits per heavy atom. The van der Waals surface area contributed by atoms with Crippen molar-refractivity contribution in [2.24, 2.45) is 5.92 Å². The topological polar surface area (TPSA) is 54.0 Å². The number of rotatable bonds is 5. The number of carbonyl (C=O) groups excluding carboxylic acids is 1. The Morgan fingerprint density at radius 2 is 2.42 bits per heavy atom. The quantitative estimate of drug-likeness (QED) is 0.868. The summed E-state index contributed by atoms with van der Waals surface area (Å²) in [5.74, 6) is 2.97. The molecule has 1 saturated heterocycles. The zero-order valence-corrected chi connectivity index (χ0v) is 12.3. The highest BCUT2D eigenvalue weighted by atomic mass is 32.2. The van der Waals surface area contributed by atoms with E-state index < -0.39 is 0 Å². The van der Waals surface area contributed by atoms with Crippen LogP contribution < -0.4 is 10.6 Å². The molecule has 2 heterocycles. The van der Waals surface area contributed by atoms with Crippen LogP contribution in [0.5, 0.6) is 0 Å². The van der Waals surface area contributed by atoms with Gasteiger partial charge >= 0.3 is 0 Å². The normalized spacial score (nSPS) is 18.3. The van der Waals surface area contributed by atoms with Gasteiger partial charge in [-0.15, -0.1) is 0 Å². The molecule has 2 rings (SSSR count). The van der Waals surface area contributed by atoms with E-state index in [0.29, 0.717) is 11.5 Å². The van der Waals surface area contributed by atoms with Crippen LogP contribution in [0.25, 0.3) is 0 Å². The van der Waals surface area contributed by atoms with Gasteiger partial charge < -0.3 is 10.6 Å². The summed E-state index contributed by atoms with van der Waals surface area (Å²) in [6, 6.07) is 1.92. The van der Waals surface area contributed by atoms with Gasteiger partial charge in [-0.25, -0.2) is 0 Å². The van der Waals surface area contributed by atoms with Crippen molar-refractivity contribution >= 4 is 23.4 Å². The summed E-state index contributed by atoms with van der Waals surface area (Å²) in [4.78, 5) is 16.4. The molecule has 1 unspecified atom stereocenters. The molecule has 104 valence electrons. The molecule has 0 aromatic carbocycles. The Hall–Kier alpha value is -1.23. The van der Waals surface area contributed by atoms with Crippen LogP contribution in [-0.2, 0) is 0 Å². The van der Waals surface area contributed by atoms with E-state index in [9.17, 15) is 4.79 Å².